The summed E-state index contributed by atoms with van der Waals surface area (Å²) in [5.74, 6) is -0.672. The molecule has 1 aromatic rings. The van der Waals surface area contributed by atoms with Crippen LogP contribution in [0.25, 0.3) is 0 Å². The molecule has 0 bridgehead atoms. The quantitative estimate of drug-likeness (QED) is 0.270. The normalized spacial score (nSPS) is 14.2. The number of aliphatic imine (C=N–C) groups is 1. The Morgan fingerprint density at radius 1 is 1.27 bits per heavy atom. The van der Waals surface area contributed by atoms with Gasteiger partial charge in [0.15, 0.2) is 0 Å². The Morgan fingerprint density at radius 3 is 2.58 bits per heavy atom. The van der Waals surface area contributed by atoms with Crippen molar-refractivity contribution in [2.45, 2.75) is 52.7 Å². The molecule has 1 amide bonds. The predicted octanol–water partition coefficient (Wildman–Crippen LogP) is 4.36. The molecule has 33 heavy (non-hydrogen) atoms. The molecule has 1 heterocycles. The Balaban J connectivity index is 2.18. The molecule has 184 valence electrons. The van der Waals surface area contributed by atoms with Crippen molar-refractivity contribution < 1.29 is 19.1 Å². The first kappa shape index (κ1) is 27.2. The number of ether oxygens (including phenoxy) is 2. The van der Waals surface area contributed by atoms with E-state index in [0.717, 1.165) is 24.1 Å². The molecule has 0 aliphatic carbocycles. The minimum Gasteiger partial charge on any atom is -0.444 e. The number of halogens is 2. The fraction of sp³-hybridized carbons (Fsp3) is 0.609. The molecule has 1 aliphatic heterocycles. The SMILES string of the molecule is CCNC(=NCCCN(C)C)OC(=O)c1c(Cl)cc2c(c1Cl)CCN(C(=O)OC(C)(C)C)C2. The number of hydrogen-bond acceptors (Lipinski definition) is 6. The molecule has 0 spiro atoms. The third-order valence-corrected chi connectivity index (χ3v) is 5.51. The number of hydrogen-bond donors (Lipinski definition) is 1. The number of nitrogens with one attached hydrogen (secondary N) is 1. The molecule has 0 saturated heterocycles. The van der Waals surface area contributed by atoms with Crippen LogP contribution in [-0.2, 0) is 22.4 Å². The van der Waals surface area contributed by atoms with E-state index in [1.165, 1.54) is 0 Å². The number of nitrogens with zero attached hydrogens (tertiary/aromatic N) is 3. The maximum atomic E-state index is 12.9. The van der Waals surface area contributed by atoms with E-state index in [9.17, 15) is 9.59 Å². The van der Waals surface area contributed by atoms with Gasteiger partial charge in [0.25, 0.3) is 6.02 Å². The summed E-state index contributed by atoms with van der Waals surface area (Å²) in [4.78, 5) is 33.4. The van der Waals surface area contributed by atoms with E-state index in [4.69, 9.17) is 32.7 Å². The second kappa shape index (κ2) is 11.9. The zero-order chi connectivity index (χ0) is 24.8. The molecule has 0 fully saturated rings. The molecular weight excluding hydrogens is 467 g/mol. The van der Waals surface area contributed by atoms with Crippen molar-refractivity contribution in [2.75, 3.05) is 40.3 Å². The van der Waals surface area contributed by atoms with Crippen molar-refractivity contribution in [1.29, 1.82) is 0 Å². The largest absolute Gasteiger partial charge is 0.444 e. The minimum absolute atomic E-state index is 0.0988. The molecule has 0 unspecified atom stereocenters. The van der Waals surface area contributed by atoms with Crippen molar-refractivity contribution in [3.8, 4) is 0 Å². The maximum Gasteiger partial charge on any atom is 0.410 e. The standard InChI is InChI=1S/C23H34Cl2N4O4/c1-7-26-21(27-10-8-11-28(5)6)32-20(30)18-17(24)13-15-14-29(12-9-16(15)19(18)25)22(31)33-23(2,3)4/h13H,7-12,14H2,1-6H3,(H,26,27). The molecule has 0 atom stereocenters. The molecule has 0 saturated carbocycles. The lowest BCUT2D eigenvalue weighted by Crippen LogP contribution is -2.40. The highest BCUT2D eigenvalue weighted by Gasteiger charge is 2.30. The van der Waals surface area contributed by atoms with Gasteiger partial charge < -0.3 is 24.6 Å². The van der Waals surface area contributed by atoms with Crippen molar-refractivity contribution in [3.63, 3.8) is 0 Å². The number of esters is 1. The minimum atomic E-state index is -0.672. The highest BCUT2D eigenvalue weighted by molar-refractivity contribution is 6.40. The van der Waals surface area contributed by atoms with E-state index in [1.54, 1.807) is 11.0 Å². The maximum absolute atomic E-state index is 12.9. The number of rotatable bonds is 6. The van der Waals surface area contributed by atoms with E-state index < -0.39 is 17.7 Å². The van der Waals surface area contributed by atoms with E-state index in [1.807, 2.05) is 41.8 Å². The lowest BCUT2D eigenvalue weighted by molar-refractivity contribution is 0.0223. The molecule has 1 aromatic carbocycles. The van der Waals surface area contributed by atoms with E-state index in [2.05, 4.69) is 15.2 Å². The van der Waals surface area contributed by atoms with Gasteiger partial charge in [-0.05, 0) is 78.4 Å². The Kier molecular flexibility index (Phi) is 9.82. The molecule has 1 aliphatic rings. The first-order valence-corrected chi connectivity index (χ1v) is 11.8. The van der Waals surface area contributed by atoms with Crippen LogP contribution in [0.4, 0.5) is 4.79 Å². The average molecular weight is 501 g/mol. The van der Waals surface area contributed by atoms with E-state index >= 15 is 0 Å². The van der Waals surface area contributed by atoms with Crippen LogP contribution in [0, 0.1) is 0 Å². The van der Waals surface area contributed by atoms with Crippen molar-refractivity contribution in [1.82, 2.24) is 15.1 Å². The highest BCUT2D eigenvalue weighted by Crippen LogP contribution is 2.35. The van der Waals surface area contributed by atoms with Crippen LogP contribution in [0.1, 0.15) is 55.6 Å². The van der Waals surface area contributed by atoms with Crippen LogP contribution in [0.5, 0.6) is 0 Å². The second-order valence-corrected chi connectivity index (χ2v) is 9.89. The van der Waals surface area contributed by atoms with Crippen molar-refractivity contribution in [3.05, 3.63) is 32.8 Å². The first-order chi connectivity index (χ1) is 15.4. The monoisotopic (exact) mass is 500 g/mol. The summed E-state index contributed by atoms with van der Waals surface area (Å²) in [6, 6.07) is 1.80. The summed E-state index contributed by atoms with van der Waals surface area (Å²) in [6.45, 7) is 10.0. The molecule has 8 nitrogen and oxygen atoms in total. The lowest BCUT2D eigenvalue weighted by Gasteiger charge is -2.32. The smallest absolute Gasteiger partial charge is 0.410 e. The van der Waals surface area contributed by atoms with Crippen LogP contribution in [0.2, 0.25) is 10.0 Å². The zero-order valence-electron chi connectivity index (χ0n) is 20.3. The van der Waals surface area contributed by atoms with E-state index in [0.29, 0.717) is 32.6 Å². The van der Waals surface area contributed by atoms with Gasteiger partial charge in [-0.1, -0.05) is 23.2 Å². The van der Waals surface area contributed by atoms with Gasteiger partial charge in [0.1, 0.15) is 5.60 Å². The van der Waals surface area contributed by atoms with Crippen LogP contribution in [0.3, 0.4) is 0 Å². The van der Waals surface area contributed by atoms with Gasteiger partial charge in [-0.2, -0.15) is 0 Å². The van der Waals surface area contributed by atoms with Crippen LogP contribution < -0.4 is 5.32 Å². The number of amidine groups is 1. The Bertz CT molecular complexity index is 897. The number of carbonyl (C=O) groups excluding carboxylic acids is 2. The number of carbonyl (C=O) groups is 2. The summed E-state index contributed by atoms with van der Waals surface area (Å²) in [7, 11) is 3.98. The Morgan fingerprint density at radius 2 is 1.97 bits per heavy atom. The summed E-state index contributed by atoms with van der Waals surface area (Å²) in [5.41, 5.74) is 1.07. The topological polar surface area (TPSA) is 83.5 Å². The fourth-order valence-electron chi connectivity index (χ4n) is 3.30. The predicted molar refractivity (Wildman–Crippen MR) is 131 cm³/mol. The second-order valence-electron chi connectivity index (χ2n) is 9.10. The number of fused-ring (bicyclic) bond motifs is 1. The fourth-order valence-corrected chi connectivity index (χ4v) is 4.05. The van der Waals surface area contributed by atoms with Crippen LogP contribution >= 0.6 is 23.2 Å². The van der Waals surface area contributed by atoms with Gasteiger partial charge in [0.2, 0.25) is 0 Å². The van der Waals surface area contributed by atoms with Crippen molar-refractivity contribution in [2.24, 2.45) is 4.99 Å². The average Bonchev–Trinajstić information content (AvgIpc) is 2.69. The summed E-state index contributed by atoms with van der Waals surface area (Å²) in [5, 5.41) is 3.37. The Labute approximate surface area is 206 Å². The number of amides is 1. The third-order valence-electron chi connectivity index (χ3n) is 4.80. The van der Waals surface area contributed by atoms with Gasteiger partial charge in [0.05, 0.1) is 15.6 Å². The summed E-state index contributed by atoms with van der Waals surface area (Å²) < 4.78 is 10.9. The molecular formula is C23H34Cl2N4O4. The van der Waals surface area contributed by atoms with E-state index in [-0.39, 0.29) is 21.6 Å². The summed E-state index contributed by atoms with van der Waals surface area (Å²) >= 11 is 13.0. The molecule has 1 N–H and O–H groups in total. The summed E-state index contributed by atoms with van der Waals surface area (Å²) in [6.07, 6.45) is 0.905. The molecule has 0 aromatic heterocycles. The Hall–Kier alpha value is -2.03. The molecule has 2 rings (SSSR count). The number of benzene rings is 1. The third kappa shape index (κ3) is 8.05. The van der Waals surface area contributed by atoms with Gasteiger partial charge >= 0.3 is 12.1 Å². The van der Waals surface area contributed by atoms with Crippen molar-refractivity contribution >= 4 is 41.3 Å². The van der Waals surface area contributed by atoms with Gasteiger partial charge in [-0.25, -0.2) is 14.6 Å². The van der Waals surface area contributed by atoms with Crippen LogP contribution in [-0.4, -0.2) is 73.8 Å². The molecule has 10 heteroatoms. The molecule has 0 radical (unpaired) electrons. The van der Waals surface area contributed by atoms with Gasteiger partial charge in [-0.15, -0.1) is 0 Å². The zero-order valence-corrected chi connectivity index (χ0v) is 21.8. The van der Waals surface area contributed by atoms with Gasteiger partial charge in [-0.3, -0.25) is 0 Å². The first-order valence-electron chi connectivity index (χ1n) is 11.1. The lowest BCUT2D eigenvalue weighted by atomic mass is 9.97. The van der Waals surface area contributed by atoms with Gasteiger partial charge in [0, 0.05) is 26.2 Å². The highest BCUT2D eigenvalue weighted by atomic mass is 35.5. The van der Waals surface area contributed by atoms with Crippen LogP contribution in [0.15, 0.2) is 11.1 Å².